The van der Waals surface area contributed by atoms with E-state index in [1.165, 1.54) is 5.56 Å². The largest absolute Gasteiger partial charge is 0.478 e. The summed E-state index contributed by atoms with van der Waals surface area (Å²) in [5.74, 6) is -0.920. The Labute approximate surface area is 83.1 Å². The van der Waals surface area contributed by atoms with Gasteiger partial charge in [0.2, 0.25) is 0 Å². The van der Waals surface area contributed by atoms with Gasteiger partial charge in [0.15, 0.2) is 0 Å². The van der Waals surface area contributed by atoms with Gasteiger partial charge in [0.25, 0.3) is 0 Å². The number of hydrogen-bond donors (Lipinski definition) is 2. The molecule has 0 aromatic heterocycles. The highest BCUT2D eigenvalue weighted by molar-refractivity contribution is 5.79. The third-order valence-electron chi connectivity index (χ3n) is 1.70. The Bertz CT molecular complexity index is 345. The first-order chi connectivity index (χ1) is 6.68. The number of aliphatic carboxylic acids is 1. The van der Waals surface area contributed by atoms with Gasteiger partial charge in [0.05, 0.1) is 0 Å². The molecule has 1 aromatic rings. The Morgan fingerprint density at radius 2 is 2.36 bits per heavy atom. The summed E-state index contributed by atoms with van der Waals surface area (Å²) in [6.07, 6.45) is 2.70. The number of anilines is 1. The van der Waals surface area contributed by atoms with Crippen LogP contribution in [0.3, 0.4) is 0 Å². The second-order valence-corrected chi connectivity index (χ2v) is 2.99. The third-order valence-corrected chi connectivity index (χ3v) is 1.70. The highest BCUT2D eigenvalue weighted by Gasteiger charge is 1.89. The third kappa shape index (κ3) is 3.76. The molecule has 1 aromatic carbocycles. The van der Waals surface area contributed by atoms with Gasteiger partial charge in [-0.1, -0.05) is 18.2 Å². The van der Waals surface area contributed by atoms with Gasteiger partial charge >= 0.3 is 5.97 Å². The van der Waals surface area contributed by atoms with Gasteiger partial charge in [-0.05, 0) is 24.6 Å². The average Bonchev–Trinajstić information content (AvgIpc) is 2.12. The van der Waals surface area contributed by atoms with Gasteiger partial charge in [-0.25, -0.2) is 4.79 Å². The van der Waals surface area contributed by atoms with Crippen molar-refractivity contribution in [3.8, 4) is 0 Å². The highest BCUT2D eigenvalue weighted by Crippen LogP contribution is 2.08. The molecule has 0 fully saturated rings. The van der Waals surface area contributed by atoms with Crippen LogP contribution in [-0.2, 0) is 4.79 Å². The standard InChI is InChI=1S/C11H13NO2/c1-9-4-2-5-10(8-9)12-7-3-6-11(13)14/h2-6,8,12H,7H2,1H3,(H,13,14). The van der Waals surface area contributed by atoms with E-state index in [-0.39, 0.29) is 0 Å². The second kappa shape index (κ2) is 5.07. The first-order valence-corrected chi connectivity index (χ1v) is 4.38. The summed E-state index contributed by atoms with van der Waals surface area (Å²) in [6.45, 7) is 2.54. The summed E-state index contributed by atoms with van der Waals surface area (Å²) in [5.41, 5.74) is 2.18. The summed E-state index contributed by atoms with van der Waals surface area (Å²) in [7, 11) is 0. The van der Waals surface area contributed by atoms with E-state index in [9.17, 15) is 4.79 Å². The molecule has 0 atom stereocenters. The smallest absolute Gasteiger partial charge is 0.328 e. The molecule has 0 heterocycles. The Morgan fingerprint density at radius 1 is 1.57 bits per heavy atom. The molecule has 0 aliphatic rings. The lowest BCUT2D eigenvalue weighted by molar-refractivity contribution is -0.131. The number of carbonyl (C=O) groups is 1. The van der Waals surface area contributed by atoms with Crippen molar-refractivity contribution in [3.05, 3.63) is 42.0 Å². The quantitative estimate of drug-likeness (QED) is 0.716. The molecule has 74 valence electrons. The summed E-state index contributed by atoms with van der Waals surface area (Å²) < 4.78 is 0. The van der Waals surface area contributed by atoms with Crippen LogP contribution in [0.5, 0.6) is 0 Å². The number of nitrogens with one attached hydrogen (secondary N) is 1. The molecule has 3 heteroatoms. The summed E-state index contributed by atoms with van der Waals surface area (Å²) in [5, 5.41) is 11.4. The van der Waals surface area contributed by atoms with E-state index in [1.54, 1.807) is 6.08 Å². The normalized spacial score (nSPS) is 10.4. The zero-order chi connectivity index (χ0) is 10.4. The van der Waals surface area contributed by atoms with Crippen LogP contribution in [0.15, 0.2) is 36.4 Å². The predicted molar refractivity (Wildman–Crippen MR) is 56.4 cm³/mol. The van der Waals surface area contributed by atoms with Gasteiger partial charge in [-0.2, -0.15) is 0 Å². The monoisotopic (exact) mass is 191 g/mol. The molecule has 0 spiro atoms. The van der Waals surface area contributed by atoms with Crippen molar-refractivity contribution in [1.29, 1.82) is 0 Å². The van der Waals surface area contributed by atoms with Crippen molar-refractivity contribution in [3.63, 3.8) is 0 Å². The molecular weight excluding hydrogens is 178 g/mol. The van der Waals surface area contributed by atoms with Crippen LogP contribution in [0.25, 0.3) is 0 Å². The van der Waals surface area contributed by atoms with Crippen LogP contribution in [0.1, 0.15) is 5.56 Å². The first kappa shape index (κ1) is 10.3. The van der Waals surface area contributed by atoms with E-state index >= 15 is 0 Å². The van der Waals surface area contributed by atoms with Gasteiger partial charge in [-0.3, -0.25) is 0 Å². The minimum absolute atomic E-state index is 0.524. The topological polar surface area (TPSA) is 49.3 Å². The van der Waals surface area contributed by atoms with Crippen LogP contribution < -0.4 is 5.32 Å². The maximum atomic E-state index is 10.2. The van der Waals surface area contributed by atoms with Crippen molar-refractivity contribution in [2.75, 3.05) is 11.9 Å². The molecular formula is C11H13NO2. The van der Waals surface area contributed by atoms with Gasteiger partial charge < -0.3 is 10.4 Å². The fraction of sp³-hybridized carbons (Fsp3) is 0.182. The van der Waals surface area contributed by atoms with E-state index in [1.807, 2.05) is 31.2 Å². The Kier molecular flexibility index (Phi) is 3.73. The Hall–Kier alpha value is -1.77. The first-order valence-electron chi connectivity index (χ1n) is 4.38. The lowest BCUT2D eigenvalue weighted by atomic mass is 10.2. The van der Waals surface area contributed by atoms with E-state index in [0.717, 1.165) is 11.8 Å². The maximum absolute atomic E-state index is 10.2. The molecule has 0 saturated heterocycles. The molecule has 14 heavy (non-hydrogen) atoms. The van der Waals surface area contributed by atoms with Crippen LogP contribution in [-0.4, -0.2) is 17.6 Å². The molecule has 0 amide bonds. The average molecular weight is 191 g/mol. The second-order valence-electron chi connectivity index (χ2n) is 2.99. The van der Waals surface area contributed by atoms with E-state index in [2.05, 4.69) is 5.32 Å². The van der Waals surface area contributed by atoms with Gasteiger partial charge in [0, 0.05) is 18.3 Å². The lowest BCUT2D eigenvalue weighted by Gasteiger charge is -2.03. The number of hydrogen-bond acceptors (Lipinski definition) is 2. The molecule has 0 aliphatic heterocycles. The van der Waals surface area contributed by atoms with Crippen LogP contribution in [0.2, 0.25) is 0 Å². The zero-order valence-electron chi connectivity index (χ0n) is 8.03. The fourth-order valence-corrected chi connectivity index (χ4v) is 1.09. The lowest BCUT2D eigenvalue weighted by Crippen LogP contribution is -1.99. The Balaban J connectivity index is 2.42. The van der Waals surface area contributed by atoms with Gasteiger partial charge in [-0.15, -0.1) is 0 Å². The van der Waals surface area contributed by atoms with E-state index in [0.29, 0.717) is 6.54 Å². The minimum Gasteiger partial charge on any atom is -0.478 e. The van der Waals surface area contributed by atoms with Crippen molar-refractivity contribution in [1.82, 2.24) is 0 Å². The van der Waals surface area contributed by atoms with E-state index in [4.69, 9.17) is 5.11 Å². The molecule has 0 aliphatic carbocycles. The number of benzene rings is 1. The summed E-state index contributed by atoms with van der Waals surface area (Å²) in [4.78, 5) is 10.2. The van der Waals surface area contributed by atoms with Gasteiger partial charge in [0.1, 0.15) is 0 Å². The highest BCUT2D eigenvalue weighted by atomic mass is 16.4. The number of rotatable bonds is 4. The number of aryl methyl sites for hydroxylation is 1. The number of carboxylic acids is 1. The van der Waals surface area contributed by atoms with Crippen LogP contribution in [0, 0.1) is 6.92 Å². The molecule has 0 unspecified atom stereocenters. The fourth-order valence-electron chi connectivity index (χ4n) is 1.09. The van der Waals surface area contributed by atoms with Crippen LogP contribution >= 0.6 is 0 Å². The summed E-state index contributed by atoms with van der Waals surface area (Å²) in [6, 6.07) is 7.92. The SMILES string of the molecule is Cc1cccc(NCC=CC(=O)O)c1. The van der Waals surface area contributed by atoms with E-state index < -0.39 is 5.97 Å². The van der Waals surface area contributed by atoms with Crippen molar-refractivity contribution < 1.29 is 9.90 Å². The maximum Gasteiger partial charge on any atom is 0.328 e. The molecule has 0 saturated carbocycles. The molecule has 0 bridgehead atoms. The predicted octanol–water partition coefficient (Wildman–Crippen LogP) is 2.05. The minimum atomic E-state index is -0.920. The zero-order valence-corrected chi connectivity index (χ0v) is 8.03. The summed E-state index contributed by atoms with van der Waals surface area (Å²) >= 11 is 0. The molecule has 2 N–H and O–H groups in total. The van der Waals surface area contributed by atoms with Crippen molar-refractivity contribution in [2.24, 2.45) is 0 Å². The van der Waals surface area contributed by atoms with Crippen molar-refractivity contribution in [2.45, 2.75) is 6.92 Å². The number of carboxylic acid groups (broad SMARTS) is 1. The Morgan fingerprint density at radius 3 is 3.00 bits per heavy atom. The van der Waals surface area contributed by atoms with Crippen molar-refractivity contribution >= 4 is 11.7 Å². The molecule has 0 radical (unpaired) electrons. The molecule has 3 nitrogen and oxygen atoms in total. The van der Waals surface area contributed by atoms with Crippen LogP contribution in [0.4, 0.5) is 5.69 Å². The molecule has 1 rings (SSSR count).